The summed E-state index contributed by atoms with van der Waals surface area (Å²) in [7, 11) is 1.92. The number of carbonyl (C=O) groups excluding carboxylic acids is 1. The van der Waals surface area contributed by atoms with Gasteiger partial charge in [-0.25, -0.2) is 0 Å². The van der Waals surface area contributed by atoms with E-state index in [2.05, 4.69) is 10.4 Å². The van der Waals surface area contributed by atoms with Crippen LogP contribution < -0.4 is 10.1 Å². The number of rotatable bonds is 9. The number of aliphatic carboxylic acids is 1. The van der Waals surface area contributed by atoms with Gasteiger partial charge in [0.05, 0.1) is 18.2 Å². The molecule has 9 heteroatoms. The molecule has 0 radical (unpaired) electrons. The van der Waals surface area contributed by atoms with Crippen LogP contribution in [0.2, 0.25) is 10.0 Å². The number of benzene rings is 2. The molecule has 3 aromatic rings. The number of carboxylic acids is 1. The minimum Gasteiger partial charge on any atom is -0.494 e. The van der Waals surface area contributed by atoms with Gasteiger partial charge in [0.25, 0.3) is 0 Å². The normalized spacial score (nSPS) is 18.1. The Labute approximate surface area is 263 Å². The number of carbonyl (C=O) groups is 2. The van der Waals surface area contributed by atoms with Crippen LogP contribution in [0.15, 0.2) is 29.8 Å². The lowest BCUT2D eigenvalue weighted by molar-refractivity contribution is -0.143. The number of nitrogens with one attached hydrogen (secondary N) is 1. The molecule has 43 heavy (non-hydrogen) atoms. The number of carboxylic acid groups (broad SMARTS) is 1. The first-order chi connectivity index (χ1) is 20.5. The number of aryl methyl sites for hydroxylation is 4. The lowest BCUT2D eigenvalue weighted by atomic mass is 9.85. The minimum absolute atomic E-state index is 0.131. The number of fused-ring (bicyclic) bond motifs is 1. The van der Waals surface area contributed by atoms with Gasteiger partial charge in [0.2, 0.25) is 5.91 Å². The number of allylic oxidation sites excluding steroid dienone is 1. The van der Waals surface area contributed by atoms with Crippen LogP contribution in [0.1, 0.15) is 72.2 Å². The Morgan fingerprint density at radius 3 is 2.47 bits per heavy atom. The van der Waals surface area contributed by atoms with E-state index < -0.39 is 11.9 Å². The molecule has 0 unspecified atom stereocenters. The zero-order valence-corrected chi connectivity index (χ0v) is 27.0. The predicted molar refractivity (Wildman–Crippen MR) is 171 cm³/mol. The molecule has 228 valence electrons. The molecule has 1 aromatic heterocycles. The third kappa shape index (κ3) is 6.34. The molecule has 1 saturated carbocycles. The number of amides is 1. The number of ether oxygens (including phenoxy) is 1. The summed E-state index contributed by atoms with van der Waals surface area (Å²) in [6.07, 6.45) is 4.48. The Kier molecular flexibility index (Phi) is 9.23. The van der Waals surface area contributed by atoms with Crippen molar-refractivity contribution in [3.63, 3.8) is 0 Å². The molecule has 0 saturated heterocycles. The van der Waals surface area contributed by atoms with Crippen LogP contribution in [0.25, 0.3) is 16.7 Å². The molecule has 2 aliphatic carbocycles. The number of halogens is 2. The predicted octanol–water partition coefficient (Wildman–Crippen LogP) is 7.56. The van der Waals surface area contributed by atoms with Crippen LogP contribution in [0.4, 0.5) is 0 Å². The second kappa shape index (κ2) is 12.7. The van der Waals surface area contributed by atoms with E-state index in [9.17, 15) is 14.7 Å². The van der Waals surface area contributed by atoms with E-state index in [1.807, 2.05) is 63.7 Å². The molecular formula is C34H39Cl2N3O4. The van der Waals surface area contributed by atoms with Gasteiger partial charge in [-0.15, -0.1) is 0 Å². The van der Waals surface area contributed by atoms with E-state index in [1.54, 1.807) is 0 Å². The third-order valence-electron chi connectivity index (χ3n) is 8.95. The lowest BCUT2D eigenvalue weighted by Crippen LogP contribution is -2.40. The lowest BCUT2D eigenvalue weighted by Gasteiger charge is -2.27. The highest BCUT2D eigenvalue weighted by Gasteiger charge is 2.33. The van der Waals surface area contributed by atoms with Crippen LogP contribution >= 0.6 is 23.2 Å². The molecule has 5 rings (SSSR count). The molecule has 2 N–H and O–H groups in total. The van der Waals surface area contributed by atoms with Gasteiger partial charge in [-0.2, -0.15) is 5.10 Å². The molecule has 1 amide bonds. The van der Waals surface area contributed by atoms with Crippen LogP contribution in [0.5, 0.6) is 5.75 Å². The SMILES string of the molecule is Cc1cc(OCCCC2=C(C(=O)N[C@@H]3CCC[C@@H](C(=O)O)C3)Cc3c2ccc(Cl)c3-c2c(C)nn(C)c2C)cc(C)c1Cl. The summed E-state index contributed by atoms with van der Waals surface area (Å²) in [5, 5.41) is 18.8. The highest BCUT2D eigenvalue weighted by molar-refractivity contribution is 6.34. The van der Waals surface area contributed by atoms with E-state index in [-0.39, 0.29) is 11.9 Å². The van der Waals surface area contributed by atoms with Crippen LogP contribution in [0, 0.1) is 33.6 Å². The molecule has 2 atom stereocenters. The number of hydrogen-bond donors (Lipinski definition) is 2. The van der Waals surface area contributed by atoms with Crippen LogP contribution in [-0.4, -0.2) is 39.4 Å². The standard InChI is InChI=1S/C34H39Cl2N3O4/c1-18-14-24(15-19(2)32(18)36)43-13-7-10-25-26-11-12-29(35)31(30-20(3)38-39(5)21(30)4)27(26)17-28(25)33(40)37-23-9-6-8-22(16-23)34(41)42/h11-12,14-15,22-23H,6-10,13,16-17H2,1-5H3,(H,37,40)(H,41,42)/t22-,23-/m1/s1. The first kappa shape index (κ1) is 31.1. The average Bonchev–Trinajstić information content (AvgIpc) is 3.45. The summed E-state index contributed by atoms with van der Waals surface area (Å²) in [5.74, 6) is -0.568. The summed E-state index contributed by atoms with van der Waals surface area (Å²) in [6.45, 7) is 8.42. The first-order valence-electron chi connectivity index (χ1n) is 14.9. The van der Waals surface area contributed by atoms with Crippen molar-refractivity contribution < 1.29 is 19.4 Å². The molecule has 1 heterocycles. The van der Waals surface area contributed by atoms with Gasteiger partial charge in [0.15, 0.2) is 0 Å². The van der Waals surface area contributed by atoms with Gasteiger partial charge in [0, 0.05) is 51.9 Å². The van der Waals surface area contributed by atoms with Crippen molar-refractivity contribution in [3.05, 3.63) is 73.5 Å². The zero-order chi connectivity index (χ0) is 31.0. The summed E-state index contributed by atoms with van der Waals surface area (Å²) >= 11 is 13.2. The highest BCUT2D eigenvalue weighted by atomic mass is 35.5. The summed E-state index contributed by atoms with van der Waals surface area (Å²) in [6, 6.07) is 7.66. The van der Waals surface area contributed by atoms with E-state index in [0.717, 1.165) is 74.0 Å². The number of nitrogens with zero attached hydrogens (tertiary/aromatic N) is 2. The molecule has 0 aliphatic heterocycles. The van der Waals surface area contributed by atoms with E-state index >= 15 is 0 Å². The number of aromatic nitrogens is 2. The number of hydrogen-bond acceptors (Lipinski definition) is 4. The quantitative estimate of drug-likeness (QED) is 0.240. The fraction of sp³-hybridized carbons (Fsp3) is 0.441. The fourth-order valence-electron chi connectivity index (χ4n) is 6.69. The average molecular weight is 625 g/mol. The van der Waals surface area contributed by atoms with Crippen molar-refractivity contribution in [2.75, 3.05) is 6.61 Å². The van der Waals surface area contributed by atoms with E-state index in [4.69, 9.17) is 27.9 Å². The van der Waals surface area contributed by atoms with Crippen LogP contribution in [0.3, 0.4) is 0 Å². The third-order valence-corrected chi connectivity index (χ3v) is 9.86. The Morgan fingerprint density at radius 1 is 1.09 bits per heavy atom. The van der Waals surface area contributed by atoms with Crippen molar-refractivity contribution in [1.82, 2.24) is 15.1 Å². The smallest absolute Gasteiger partial charge is 0.306 e. The van der Waals surface area contributed by atoms with Gasteiger partial charge < -0.3 is 15.2 Å². The Morgan fingerprint density at radius 2 is 1.81 bits per heavy atom. The minimum atomic E-state index is -0.792. The molecule has 7 nitrogen and oxygen atoms in total. The molecule has 1 fully saturated rings. The summed E-state index contributed by atoms with van der Waals surface area (Å²) in [4.78, 5) is 25.5. The maximum Gasteiger partial charge on any atom is 0.306 e. The van der Waals surface area contributed by atoms with Gasteiger partial charge in [-0.05, 0) is 106 Å². The topological polar surface area (TPSA) is 93.4 Å². The van der Waals surface area contributed by atoms with Crippen molar-refractivity contribution in [2.24, 2.45) is 13.0 Å². The van der Waals surface area contributed by atoms with Gasteiger partial charge in [-0.3, -0.25) is 14.3 Å². The second-order valence-corrected chi connectivity index (χ2v) is 12.7. The molecule has 0 spiro atoms. The highest BCUT2D eigenvalue weighted by Crippen LogP contribution is 2.45. The first-order valence-corrected chi connectivity index (χ1v) is 15.7. The summed E-state index contributed by atoms with van der Waals surface area (Å²) < 4.78 is 7.96. The zero-order valence-electron chi connectivity index (χ0n) is 25.4. The monoisotopic (exact) mass is 623 g/mol. The second-order valence-electron chi connectivity index (χ2n) is 11.9. The van der Waals surface area contributed by atoms with Crippen LogP contribution in [-0.2, 0) is 23.1 Å². The Balaban J connectivity index is 1.44. The van der Waals surface area contributed by atoms with Gasteiger partial charge in [-0.1, -0.05) is 35.7 Å². The molecule has 0 bridgehead atoms. The Bertz CT molecular complexity index is 1600. The van der Waals surface area contributed by atoms with Gasteiger partial charge in [0.1, 0.15) is 5.75 Å². The molecule has 2 aromatic carbocycles. The van der Waals surface area contributed by atoms with E-state index in [0.29, 0.717) is 49.3 Å². The van der Waals surface area contributed by atoms with Gasteiger partial charge >= 0.3 is 5.97 Å². The van der Waals surface area contributed by atoms with Crippen molar-refractivity contribution in [1.29, 1.82) is 0 Å². The van der Waals surface area contributed by atoms with Crippen molar-refractivity contribution in [3.8, 4) is 16.9 Å². The molecular weight excluding hydrogens is 585 g/mol. The van der Waals surface area contributed by atoms with E-state index in [1.165, 1.54) is 0 Å². The van der Waals surface area contributed by atoms with Crippen molar-refractivity contribution in [2.45, 2.75) is 78.7 Å². The summed E-state index contributed by atoms with van der Waals surface area (Å²) in [5.41, 5.74) is 9.53. The maximum atomic E-state index is 13.9. The molecule has 2 aliphatic rings. The largest absolute Gasteiger partial charge is 0.494 e. The van der Waals surface area contributed by atoms with Crippen molar-refractivity contribution >= 4 is 40.7 Å². The fourth-order valence-corrected chi connectivity index (χ4v) is 7.07. The maximum absolute atomic E-state index is 13.9. The Hall–Kier alpha value is -3.29.